The predicted molar refractivity (Wildman–Crippen MR) is 94.3 cm³/mol. The Kier molecular flexibility index (Phi) is 5.14. The van der Waals surface area contributed by atoms with E-state index < -0.39 is 17.7 Å². The van der Waals surface area contributed by atoms with Gasteiger partial charge in [-0.15, -0.1) is 0 Å². The van der Waals surface area contributed by atoms with Crippen LogP contribution < -0.4 is 0 Å². The Balaban J connectivity index is 1.73. The van der Waals surface area contributed by atoms with E-state index in [2.05, 4.69) is 11.8 Å². The Bertz CT molecular complexity index is 726. The van der Waals surface area contributed by atoms with Crippen molar-refractivity contribution in [3.8, 4) is 0 Å². The van der Waals surface area contributed by atoms with Gasteiger partial charge in [0.2, 0.25) is 0 Å². The van der Waals surface area contributed by atoms with Crippen LogP contribution in [0.2, 0.25) is 0 Å². The van der Waals surface area contributed by atoms with E-state index >= 15 is 0 Å². The highest BCUT2D eigenvalue weighted by atomic mass is 19.1. The minimum atomic E-state index is -1.29. The van der Waals surface area contributed by atoms with Gasteiger partial charge in [0.1, 0.15) is 11.4 Å². The molecule has 0 atom stereocenters. The predicted octanol–water partition coefficient (Wildman–Crippen LogP) is 3.28. The fourth-order valence-electron chi connectivity index (χ4n) is 3.19. The van der Waals surface area contributed by atoms with Crippen LogP contribution in [0.15, 0.2) is 23.8 Å². The molecule has 1 aromatic carbocycles. The maximum atomic E-state index is 14.5. The van der Waals surface area contributed by atoms with Gasteiger partial charge in [0.15, 0.2) is 0 Å². The van der Waals surface area contributed by atoms with Crippen LogP contribution in [0.4, 0.5) is 4.39 Å². The van der Waals surface area contributed by atoms with Crippen molar-refractivity contribution < 1.29 is 23.5 Å². The first kappa shape index (κ1) is 18.6. The Hall–Kier alpha value is -2.21. The quantitative estimate of drug-likeness (QED) is 0.470. The SMILES string of the molecule is CC1CCN(Cc2ccc(C=C3C(=O)OC(C)(C)OC3=O)cc2F)CC1. The van der Waals surface area contributed by atoms with Crippen LogP contribution in [0.25, 0.3) is 6.08 Å². The smallest absolute Gasteiger partial charge is 0.348 e. The van der Waals surface area contributed by atoms with Crippen LogP contribution >= 0.6 is 0 Å². The molecule has 0 bridgehead atoms. The third kappa shape index (κ3) is 4.30. The van der Waals surface area contributed by atoms with Crippen molar-refractivity contribution in [3.63, 3.8) is 0 Å². The lowest BCUT2D eigenvalue weighted by Gasteiger charge is -2.30. The highest BCUT2D eigenvalue weighted by Crippen LogP contribution is 2.25. The molecule has 140 valence electrons. The third-order valence-electron chi connectivity index (χ3n) is 4.78. The number of hydrogen-bond donors (Lipinski definition) is 0. The highest BCUT2D eigenvalue weighted by Gasteiger charge is 2.38. The van der Waals surface area contributed by atoms with E-state index in [1.807, 2.05) is 0 Å². The van der Waals surface area contributed by atoms with Gasteiger partial charge < -0.3 is 9.47 Å². The molecular weight excluding hydrogens is 337 g/mol. The first-order chi connectivity index (χ1) is 12.2. The van der Waals surface area contributed by atoms with Crippen molar-refractivity contribution in [2.75, 3.05) is 13.1 Å². The number of hydrogen-bond acceptors (Lipinski definition) is 5. The van der Waals surface area contributed by atoms with Crippen molar-refractivity contribution >= 4 is 18.0 Å². The maximum Gasteiger partial charge on any atom is 0.348 e. The van der Waals surface area contributed by atoms with Crippen LogP contribution in [-0.2, 0) is 25.6 Å². The summed E-state index contributed by atoms with van der Waals surface area (Å²) < 4.78 is 24.5. The van der Waals surface area contributed by atoms with Gasteiger partial charge in [-0.3, -0.25) is 4.90 Å². The largest absolute Gasteiger partial charge is 0.419 e. The minimum absolute atomic E-state index is 0.235. The van der Waals surface area contributed by atoms with E-state index in [0.717, 1.165) is 31.8 Å². The van der Waals surface area contributed by atoms with E-state index in [0.29, 0.717) is 17.7 Å². The summed E-state index contributed by atoms with van der Waals surface area (Å²) in [5.41, 5.74) is 0.792. The van der Waals surface area contributed by atoms with Crippen LogP contribution in [0.5, 0.6) is 0 Å². The summed E-state index contributed by atoms with van der Waals surface area (Å²) in [6.45, 7) is 7.71. The molecule has 26 heavy (non-hydrogen) atoms. The average Bonchev–Trinajstić information content (AvgIpc) is 2.54. The molecule has 5 nitrogen and oxygen atoms in total. The molecule has 0 aliphatic carbocycles. The first-order valence-corrected chi connectivity index (χ1v) is 8.93. The molecule has 0 amide bonds. The first-order valence-electron chi connectivity index (χ1n) is 8.93. The molecule has 2 fully saturated rings. The zero-order valence-corrected chi connectivity index (χ0v) is 15.4. The maximum absolute atomic E-state index is 14.5. The molecule has 0 spiro atoms. The van der Waals surface area contributed by atoms with E-state index in [-0.39, 0.29) is 11.4 Å². The second kappa shape index (κ2) is 7.19. The lowest BCUT2D eigenvalue weighted by molar-refractivity contribution is -0.222. The fraction of sp³-hybridized carbons (Fsp3) is 0.500. The van der Waals surface area contributed by atoms with Crippen molar-refractivity contribution in [3.05, 3.63) is 40.7 Å². The third-order valence-corrected chi connectivity index (χ3v) is 4.78. The van der Waals surface area contributed by atoms with Gasteiger partial charge in [-0.05, 0) is 49.6 Å². The van der Waals surface area contributed by atoms with Gasteiger partial charge in [0.25, 0.3) is 5.79 Å². The van der Waals surface area contributed by atoms with Crippen LogP contribution in [0.1, 0.15) is 44.7 Å². The standard InChI is InChI=1S/C20H24FNO4/c1-13-6-8-22(9-7-13)12-15-5-4-14(11-17(15)21)10-16-18(23)25-20(2,3)26-19(16)24/h4-5,10-11,13H,6-9,12H2,1-3H3. The van der Waals surface area contributed by atoms with Gasteiger partial charge in [-0.2, -0.15) is 0 Å². The lowest BCUT2D eigenvalue weighted by atomic mass is 9.98. The summed E-state index contributed by atoms with van der Waals surface area (Å²) >= 11 is 0. The van der Waals surface area contributed by atoms with Crippen LogP contribution in [-0.4, -0.2) is 35.7 Å². The molecule has 0 unspecified atom stereocenters. The molecule has 1 aromatic rings. The van der Waals surface area contributed by atoms with Gasteiger partial charge >= 0.3 is 11.9 Å². The number of likely N-dealkylation sites (tertiary alicyclic amines) is 1. The number of esters is 2. The minimum Gasteiger partial charge on any atom is -0.419 e. The second-order valence-corrected chi connectivity index (χ2v) is 7.55. The van der Waals surface area contributed by atoms with E-state index in [1.165, 1.54) is 26.0 Å². The number of carbonyl (C=O) groups excluding carboxylic acids is 2. The second-order valence-electron chi connectivity index (χ2n) is 7.55. The van der Waals surface area contributed by atoms with Crippen molar-refractivity contribution in [2.24, 2.45) is 5.92 Å². The molecule has 2 heterocycles. The number of cyclic esters (lactones) is 2. The molecule has 2 aliphatic rings. The molecule has 3 rings (SSSR count). The van der Waals surface area contributed by atoms with Gasteiger partial charge in [-0.25, -0.2) is 14.0 Å². The zero-order chi connectivity index (χ0) is 18.9. The Morgan fingerprint density at radius 2 is 1.81 bits per heavy atom. The van der Waals surface area contributed by atoms with E-state index in [9.17, 15) is 14.0 Å². The monoisotopic (exact) mass is 361 g/mol. The topological polar surface area (TPSA) is 55.8 Å². The Labute approximate surface area is 152 Å². The number of benzene rings is 1. The normalized spacial score (nSPS) is 21.3. The van der Waals surface area contributed by atoms with Crippen molar-refractivity contribution in [2.45, 2.75) is 45.9 Å². The van der Waals surface area contributed by atoms with E-state index in [1.54, 1.807) is 12.1 Å². The molecule has 0 radical (unpaired) electrons. The van der Waals surface area contributed by atoms with E-state index in [4.69, 9.17) is 9.47 Å². The van der Waals surface area contributed by atoms with Crippen LogP contribution in [0.3, 0.4) is 0 Å². The fourth-order valence-corrected chi connectivity index (χ4v) is 3.19. The van der Waals surface area contributed by atoms with Gasteiger partial charge in [-0.1, -0.05) is 19.1 Å². The Morgan fingerprint density at radius 3 is 2.38 bits per heavy atom. The summed E-state index contributed by atoms with van der Waals surface area (Å²) in [5.74, 6) is -2.44. The summed E-state index contributed by atoms with van der Waals surface area (Å²) in [6.07, 6.45) is 3.56. The molecular formula is C20H24FNO4. The molecule has 0 aromatic heterocycles. The van der Waals surface area contributed by atoms with Gasteiger partial charge in [0.05, 0.1) is 0 Å². The molecule has 2 aliphatic heterocycles. The molecule has 2 saturated heterocycles. The molecule has 0 saturated carbocycles. The number of halogens is 1. The summed E-state index contributed by atoms with van der Waals surface area (Å²) in [6, 6.07) is 4.72. The molecule has 0 N–H and O–H groups in total. The summed E-state index contributed by atoms with van der Waals surface area (Å²) in [4.78, 5) is 26.2. The molecule has 6 heteroatoms. The highest BCUT2D eigenvalue weighted by molar-refractivity contribution is 6.18. The Morgan fingerprint density at radius 1 is 1.19 bits per heavy atom. The lowest BCUT2D eigenvalue weighted by Crippen LogP contribution is -2.41. The summed E-state index contributed by atoms with van der Waals surface area (Å²) in [5, 5.41) is 0. The number of piperidine rings is 1. The number of carbonyl (C=O) groups is 2. The zero-order valence-electron chi connectivity index (χ0n) is 15.4. The van der Waals surface area contributed by atoms with Crippen LogP contribution in [0, 0.1) is 11.7 Å². The number of ether oxygens (including phenoxy) is 2. The summed E-state index contributed by atoms with van der Waals surface area (Å²) in [7, 11) is 0. The van der Waals surface area contributed by atoms with Gasteiger partial charge in [0, 0.05) is 26.0 Å². The van der Waals surface area contributed by atoms with Crippen molar-refractivity contribution in [1.29, 1.82) is 0 Å². The number of rotatable bonds is 3. The van der Waals surface area contributed by atoms with Crippen molar-refractivity contribution in [1.82, 2.24) is 4.90 Å². The number of nitrogens with zero attached hydrogens (tertiary/aromatic N) is 1. The average molecular weight is 361 g/mol.